The quantitative estimate of drug-likeness (QED) is 0.110. The van der Waals surface area contributed by atoms with E-state index >= 15 is 0 Å². The van der Waals surface area contributed by atoms with Crippen molar-refractivity contribution in [2.75, 3.05) is 27.3 Å². The van der Waals surface area contributed by atoms with Crippen LogP contribution in [0, 0.1) is 11.8 Å². The van der Waals surface area contributed by atoms with Crippen LogP contribution < -0.4 is 10.6 Å². The maximum Gasteiger partial charge on any atom is 0.407 e. The van der Waals surface area contributed by atoms with Crippen molar-refractivity contribution in [2.24, 2.45) is 11.8 Å². The molecule has 308 valence electrons. The van der Waals surface area contributed by atoms with E-state index in [4.69, 9.17) is 19.4 Å². The number of nitrogens with one attached hydrogen (secondary N) is 4. The first kappa shape index (κ1) is 37.8. The number of benzene rings is 4. The molecule has 1 unspecified atom stereocenters. The highest BCUT2D eigenvalue weighted by Crippen LogP contribution is 2.40. The molecule has 4 amide bonds. The van der Waals surface area contributed by atoms with Crippen LogP contribution in [-0.4, -0.2) is 93.1 Å². The molecule has 2 saturated carbocycles. The number of nitrogens with zero attached hydrogens (tertiary/aromatic N) is 4. The zero-order chi connectivity index (χ0) is 41.1. The fraction of sp³-hybridized carbons (Fsp3) is 0.391. The molecule has 2 aromatic heterocycles. The van der Waals surface area contributed by atoms with Crippen LogP contribution >= 0.6 is 0 Å². The number of methoxy groups -OCH3 is 2. The standard InChI is InChI=1S/C46H48N8O6/c1-59-45(57)51-39(25-7-8-25)43(55)53-19-3-5-37(53)41-47-33-17-15-31(23-35(33)49-41)29-13-11-28-22-30(14-12-27(28)21-29)32-16-18-34-36(24-32)50-42(48-34)38-6-4-20-54(38)44(56)40(26-9-10-26)52-46(58)60-2/h11-18,21-26,37-40H,3-10,19-20H2,1-2H3,(H,47,49)(H,48,50)(H,51,57)(H,52,58)/t37-,38-,39-,40?/m0/s1. The lowest BCUT2D eigenvalue weighted by Gasteiger charge is -2.28. The van der Waals surface area contributed by atoms with Gasteiger partial charge in [0.15, 0.2) is 0 Å². The number of H-pyrrole nitrogens is 2. The number of aromatic amines is 2. The number of rotatable bonds is 10. The molecule has 2 saturated heterocycles. The van der Waals surface area contributed by atoms with Crippen LogP contribution in [0.4, 0.5) is 9.59 Å². The van der Waals surface area contributed by atoms with Gasteiger partial charge in [-0.2, -0.15) is 0 Å². The van der Waals surface area contributed by atoms with Gasteiger partial charge in [-0.3, -0.25) is 9.59 Å². The molecule has 60 heavy (non-hydrogen) atoms. The number of fused-ring (bicyclic) bond motifs is 3. The summed E-state index contributed by atoms with van der Waals surface area (Å²) in [5.74, 6) is 1.67. The molecule has 6 aromatic rings. The van der Waals surface area contributed by atoms with E-state index in [-0.39, 0.29) is 35.7 Å². The van der Waals surface area contributed by atoms with Gasteiger partial charge in [0, 0.05) is 13.1 Å². The highest BCUT2D eigenvalue weighted by atomic mass is 16.5. The second-order valence-electron chi connectivity index (χ2n) is 16.8. The molecule has 4 heterocycles. The van der Waals surface area contributed by atoms with Crippen LogP contribution in [0.15, 0.2) is 72.8 Å². The third-order valence-electron chi connectivity index (χ3n) is 12.8. The van der Waals surface area contributed by atoms with Gasteiger partial charge in [-0.05, 0) is 133 Å². The van der Waals surface area contributed by atoms with Crippen molar-refractivity contribution < 1.29 is 28.7 Å². The Hall–Kier alpha value is -6.44. The Kier molecular flexibility index (Phi) is 9.64. The Morgan fingerprint density at radius 1 is 0.583 bits per heavy atom. The van der Waals surface area contributed by atoms with Crippen LogP contribution in [0.3, 0.4) is 0 Å². The SMILES string of the molecule is COC(=O)NC(C(=O)N1CCC[C@H]1c1nc2ccc(-c3ccc4cc(-c5ccc6nc([C@@H]7CCCN7C(=O)[C@@H](NC(=O)OC)C7CC7)[nH]c6c5)ccc4c3)cc2[nH]1)C1CC1. The van der Waals surface area contributed by atoms with Crippen molar-refractivity contribution >= 4 is 56.8 Å². The maximum atomic E-state index is 13.7. The third kappa shape index (κ3) is 7.17. The van der Waals surface area contributed by atoms with Crippen LogP contribution in [0.5, 0.6) is 0 Å². The molecule has 4 N–H and O–H groups in total. The van der Waals surface area contributed by atoms with E-state index in [1.165, 1.54) is 14.2 Å². The van der Waals surface area contributed by atoms with Gasteiger partial charge in [0.05, 0.1) is 48.4 Å². The molecule has 14 nitrogen and oxygen atoms in total. The van der Waals surface area contributed by atoms with E-state index < -0.39 is 24.3 Å². The van der Waals surface area contributed by atoms with Crippen molar-refractivity contribution in [2.45, 2.75) is 75.5 Å². The highest BCUT2D eigenvalue weighted by molar-refractivity contribution is 5.93. The topological polar surface area (TPSA) is 175 Å². The second-order valence-corrected chi connectivity index (χ2v) is 16.8. The average Bonchev–Trinajstić information content (AvgIpc) is 4.05. The summed E-state index contributed by atoms with van der Waals surface area (Å²) in [5, 5.41) is 7.79. The van der Waals surface area contributed by atoms with Crippen molar-refractivity contribution in [3.8, 4) is 22.3 Å². The van der Waals surface area contributed by atoms with Gasteiger partial charge < -0.3 is 39.9 Å². The van der Waals surface area contributed by atoms with Gasteiger partial charge in [0.1, 0.15) is 23.7 Å². The fourth-order valence-corrected chi connectivity index (χ4v) is 9.32. The molecule has 2 aliphatic carbocycles. The first-order valence-electron chi connectivity index (χ1n) is 21.1. The number of amides is 4. The van der Waals surface area contributed by atoms with E-state index in [1.807, 2.05) is 21.9 Å². The largest absolute Gasteiger partial charge is 0.453 e. The number of aromatic nitrogens is 4. The minimum Gasteiger partial charge on any atom is -0.453 e. The average molecular weight is 809 g/mol. The molecule has 4 aromatic carbocycles. The van der Waals surface area contributed by atoms with Gasteiger partial charge in [-0.25, -0.2) is 19.6 Å². The summed E-state index contributed by atoms with van der Waals surface area (Å²) in [6, 6.07) is 23.9. The summed E-state index contributed by atoms with van der Waals surface area (Å²) < 4.78 is 9.62. The van der Waals surface area contributed by atoms with Crippen LogP contribution in [0.25, 0.3) is 55.1 Å². The van der Waals surface area contributed by atoms with Crippen molar-refractivity contribution in [3.05, 3.63) is 84.4 Å². The summed E-state index contributed by atoms with van der Waals surface area (Å²) in [6.45, 7) is 1.25. The lowest BCUT2D eigenvalue weighted by atomic mass is 9.97. The number of hydrogen-bond acceptors (Lipinski definition) is 8. The van der Waals surface area contributed by atoms with Crippen molar-refractivity contribution in [1.82, 2.24) is 40.4 Å². The molecule has 14 heteroatoms. The molecule has 4 atom stereocenters. The summed E-state index contributed by atoms with van der Waals surface area (Å²) in [6.07, 6.45) is 5.85. The smallest absolute Gasteiger partial charge is 0.407 e. The third-order valence-corrected chi connectivity index (χ3v) is 12.8. The molecule has 2 aliphatic heterocycles. The predicted octanol–water partition coefficient (Wildman–Crippen LogP) is 7.52. The van der Waals surface area contributed by atoms with Crippen LogP contribution in [0.2, 0.25) is 0 Å². The molecule has 4 fully saturated rings. The van der Waals surface area contributed by atoms with E-state index in [9.17, 15) is 19.2 Å². The van der Waals surface area contributed by atoms with Crippen molar-refractivity contribution in [3.63, 3.8) is 0 Å². The monoisotopic (exact) mass is 808 g/mol. The fourth-order valence-electron chi connectivity index (χ4n) is 9.32. The number of carbonyl (C=O) groups excluding carboxylic acids is 4. The van der Waals surface area contributed by atoms with Gasteiger partial charge >= 0.3 is 12.2 Å². The minimum atomic E-state index is -0.581. The first-order valence-corrected chi connectivity index (χ1v) is 21.1. The van der Waals surface area contributed by atoms with Gasteiger partial charge in [0.2, 0.25) is 11.8 Å². The Morgan fingerprint density at radius 3 is 1.38 bits per heavy atom. The lowest BCUT2D eigenvalue weighted by Crippen LogP contribution is -2.49. The number of likely N-dealkylation sites (tertiary alicyclic amines) is 2. The number of hydrogen-bond donors (Lipinski definition) is 4. The molecule has 0 bridgehead atoms. The Morgan fingerprint density at radius 2 is 0.983 bits per heavy atom. The minimum absolute atomic E-state index is 0.0718. The summed E-state index contributed by atoms with van der Waals surface area (Å²) >= 11 is 0. The highest BCUT2D eigenvalue weighted by Gasteiger charge is 2.44. The molecule has 0 radical (unpaired) electrons. The van der Waals surface area contributed by atoms with Gasteiger partial charge in [-0.15, -0.1) is 0 Å². The van der Waals surface area contributed by atoms with Gasteiger partial charge in [0.25, 0.3) is 0 Å². The number of alkyl carbamates (subject to hydrolysis) is 2. The zero-order valence-corrected chi connectivity index (χ0v) is 33.7. The van der Waals surface area contributed by atoms with Crippen molar-refractivity contribution in [1.29, 1.82) is 0 Å². The number of ether oxygens (including phenoxy) is 2. The molecular formula is C46H48N8O6. The van der Waals surface area contributed by atoms with Gasteiger partial charge in [-0.1, -0.05) is 36.4 Å². The van der Waals surface area contributed by atoms with E-state index in [1.54, 1.807) is 0 Å². The maximum absolute atomic E-state index is 13.7. The summed E-state index contributed by atoms with van der Waals surface area (Å²) in [7, 11) is 2.63. The molecular weight excluding hydrogens is 761 g/mol. The Labute approximate surface area is 346 Å². The second kappa shape index (κ2) is 15.3. The number of carbonyl (C=O) groups is 4. The van der Waals surface area contributed by atoms with Crippen LogP contribution in [-0.2, 0) is 19.1 Å². The van der Waals surface area contributed by atoms with E-state index in [0.717, 1.165) is 118 Å². The molecule has 4 aliphatic rings. The molecule has 0 spiro atoms. The van der Waals surface area contributed by atoms with E-state index in [0.29, 0.717) is 13.1 Å². The van der Waals surface area contributed by atoms with E-state index in [2.05, 4.69) is 81.3 Å². The molecule has 10 rings (SSSR count). The number of imidazole rings is 2. The zero-order valence-electron chi connectivity index (χ0n) is 33.7. The summed E-state index contributed by atoms with van der Waals surface area (Å²) in [5.41, 5.74) is 7.79. The predicted molar refractivity (Wildman–Crippen MR) is 226 cm³/mol. The summed E-state index contributed by atoms with van der Waals surface area (Å²) in [4.78, 5) is 72.1. The lowest BCUT2D eigenvalue weighted by molar-refractivity contribution is -0.135. The Balaban J connectivity index is 0.854. The Bertz CT molecular complexity index is 2480. The van der Waals surface area contributed by atoms with Crippen LogP contribution in [0.1, 0.15) is 75.1 Å². The first-order chi connectivity index (χ1) is 29.2. The normalized spacial score (nSPS) is 20.1.